The Morgan fingerprint density at radius 3 is 2.64 bits per heavy atom. The second-order valence-corrected chi connectivity index (χ2v) is 6.72. The van der Waals surface area contributed by atoms with Crippen molar-refractivity contribution in [2.24, 2.45) is 0 Å². The molecular weight excluding hydrogens is 374 g/mol. The number of methoxy groups -OCH3 is 1. The Balaban J connectivity index is 1.35. The van der Waals surface area contributed by atoms with Gasteiger partial charge in [-0.25, -0.2) is 4.98 Å². The number of nitrogens with zero attached hydrogens (tertiary/aromatic N) is 4. The second-order valence-electron chi connectivity index (χ2n) is 5.78. The summed E-state index contributed by atoms with van der Waals surface area (Å²) in [6.07, 6.45) is 3.87. The first-order valence-corrected chi connectivity index (χ1v) is 9.54. The van der Waals surface area contributed by atoms with E-state index in [0.717, 1.165) is 16.9 Å². The van der Waals surface area contributed by atoms with E-state index in [2.05, 4.69) is 25.3 Å². The number of aromatic nitrogens is 5. The molecule has 2 aromatic carbocycles. The maximum absolute atomic E-state index is 5.32. The molecule has 2 aromatic heterocycles. The Morgan fingerprint density at radius 1 is 1.04 bits per heavy atom. The van der Waals surface area contributed by atoms with Crippen LogP contribution >= 0.6 is 11.8 Å². The van der Waals surface area contributed by atoms with Crippen LogP contribution in [0.15, 0.2) is 64.3 Å². The van der Waals surface area contributed by atoms with Crippen LogP contribution in [0.5, 0.6) is 5.75 Å². The first-order valence-electron chi connectivity index (χ1n) is 8.55. The van der Waals surface area contributed by atoms with E-state index in [0.29, 0.717) is 28.4 Å². The van der Waals surface area contributed by atoms with Crippen LogP contribution in [-0.4, -0.2) is 32.4 Å². The zero-order valence-corrected chi connectivity index (χ0v) is 15.9. The summed E-state index contributed by atoms with van der Waals surface area (Å²) in [7, 11) is 1.63. The van der Waals surface area contributed by atoms with Crippen LogP contribution < -0.4 is 4.74 Å². The fourth-order valence-corrected chi connectivity index (χ4v) is 3.08. The van der Waals surface area contributed by atoms with Gasteiger partial charge in [0.1, 0.15) is 11.6 Å². The first-order chi connectivity index (χ1) is 13.8. The molecule has 0 amide bonds. The zero-order valence-electron chi connectivity index (χ0n) is 15.1. The molecule has 7 nitrogen and oxygen atoms in total. The Hall–Kier alpha value is -3.39. The third-order valence-corrected chi connectivity index (χ3v) is 4.69. The van der Waals surface area contributed by atoms with Crippen LogP contribution in [0.3, 0.4) is 0 Å². The molecule has 0 aliphatic heterocycles. The largest absolute Gasteiger partial charge is 0.497 e. The van der Waals surface area contributed by atoms with Gasteiger partial charge in [-0.05, 0) is 35.9 Å². The molecule has 0 aliphatic rings. The summed E-state index contributed by atoms with van der Waals surface area (Å²) < 4.78 is 10.5. The number of H-pyrrole nitrogens is 1. The lowest BCUT2D eigenvalue weighted by molar-refractivity contribution is 0.391. The molecule has 0 radical (unpaired) electrons. The Labute approximate surface area is 165 Å². The predicted octanol–water partition coefficient (Wildman–Crippen LogP) is 4.33. The van der Waals surface area contributed by atoms with Crippen molar-refractivity contribution in [1.82, 2.24) is 25.3 Å². The van der Waals surface area contributed by atoms with Crippen molar-refractivity contribution in [1.29, 1.82) is 0 Å². The summed E-state index contributed by atoms with van der Waals surface area (Å²) in [6.45, 7) is 0. The van der Waals surface area contributed by atoms with Gasteiger partial charge in [-0.1, -0.05) is 53.3 Å². The van der Waals surface area contributed by atoms with Gasteiger partial charge < -0.3 is 9.26 Å². The van der Waals surface area contributed by atoms with E-state index < -0.39 is 0 Å². The quantitative estimate of drug-likeness (QED) is 0.469. The van der Waals surface area contributed by atoms with Crippen molar-refractivity contribution >= 4 is 23.9 Å². The van der Waals surface area contributed by atoms with E-state index in [9.17, 15) is 0 Å². The van der Waals surface area contributed by atoms with Crippen molar-refractivity contribution in [3.05, 3.63) is 71.9 Å². The summed E-state index contributed by atoms with van der Waals surface area (Å²) in [5, 5.41) is 11.8. The molecule has 4 aromatic rings. The molecule has 0 aliphatic carbocycles. The normalized spacial score (nSPS) is 11.2. The highest BCUT2D eigenvalue weighted by molar-refractivity contribution is 7.98. The fraction of sp³-hybridized carbons (Fsp3) is 0.100. The van der Waals surface area contributed by atoms with Gasteiger partial charge in [0.2, 0.25) is 16.9 Å². The molecule has 0 unspecified atom stereocenters. The molecule has 140 valence electrons. The van der Waals surface area contributed by atoms with Gasteiger partial charge >= 0.3 is 0 Å². The molecule has 2 heterocycles. The maximum atomic E-state index is 5.32. The van der Waals surface area contributed by atoms with Gasteiger partial charge in [-0.3, -0.25) is 5.10 Å². The summed E-state index contributed by atoms with van der Waals surface area (Å²) in [4.78, 5) is 8.84. The molecule has 1 N–H and O–H groups in total. The highest BCUT2D eigenvalue weighted by Crippen LogP contribution is 2.23. The Bertz CT molecular complexity index is 1060. The molecule has 4 rings (SSSR count). The standard InChI is InChI=1S/C20H17N5O2S/c1-26-16-10-8-15(9-11-16)19-22-18(27-25-19)13-28-20-21-17(23-24-20)12-7-14-5-3-2-4-6-14/h2-12H,13H2,1H3,(H,21,23,24)/b12-7+. The van der Waals surface area contributed by atoms with Crippen LogP contribution in [0.25, 0.3) is 23.5 Å². The third-order valence-electron chi connectivity index (χ3n) is 3.86. The predicted molar refractivity (Wildman–Crippen MR) is 108 cm³/mol. The van der Waals surface area contributed by atoms with Crippen LogP contribution in [0.4, 0.5) is 0 Å². The molecule has 8 heteroatoms. The summed E-state index contributed by atoms with van der Waals surface area (Å²) >= 11 is 1.43. The summed E-state index contributed by atoms with van der Waals surface area (Å²) in [5.74, 6) is 3.02. The first kappa shape index (κ1) is 18.0. The summed E-state index contributed by atoms with van der Waals surface area (Å²) in [5.41, 5.74) is 1.97. The minimum Gasteiger partial charge on any atom is -0.497 e. The number of benzene rings is 2. The number of nitrogens with one attached hydrogen (secondary N) is 1. The van der Waals surface area contributed by atoms with Gasteiger partial charge in [0.05, 0.1) is 12.9 Å². The smallest absolute Gasteiger partial charge is 0.237 e. The van der Waals surface area contributed by atoms with Gasteiger partial charge in [-0.2, -0.15) is 4.98 Å². The molecule has 0 saturated heterocycles. The van der Waals surface area contributed by atoms with Gasteiger partial charge in [0.15, 0.2) is 0 Å². The van der Waals surface area contributed by atoms with E-state index in [1.807, 2.05) is 66.7 Å². The number of hydrogen-bond acceptors (Lipinski definition) is 7. The molecule has 0 atom stereocenters. The SMILES string of the molecule is COc1ccc(-c2noc(CSc3n[nH]c(/C=C/c4ccccc4)n3)n2)cc1. The monoisotopic (exact) mass is 391 g/mol. The van der Waals surface area contributed by atoms with Crippen LogP contribution in [0.2, 0.25) is 0 Å². The second kappa shape index (κ2) is 8.53. The summed E-state index contributed by atoms with van der Waals surface area (Å²) in [6, 6.07) is 17.5. The third kappa shape index (κ3) is 4.47. The lowest BCUT2D eigenvalue weighted by atomic mass is 10.2. The topological polar surface area (TPSA) is 89.7 Å². The molecule has 0 fully saturated rings. The number of aromatic amines is 1. The fourth-order valence-electron chi connectivity index (χ4n) is 2.43. The number of rotatable bonds is 7. The van der Waals surface area contributed by atoms with Crippen molar-refractivity contribution in [2.45, 2.75) is 10.9 Å². The van der Waals surface area contributed by atoms with Gasteiger partial charge in [0.25, 0.3) is 0 Å². The van der Waals surface area contributed by atoms with E-state index in [4.69, 9.17) is 9.26 Å². The van der Waals surface area contributed by atoms with Crippen molar-refractivity contribution < 1.29 is 9.26 Å². The van der Waals surface area contributed by atoms with Crippen molar-refractivity contribution in [3.63, 3.8) is 0 Å². The minimum atomic E-state index is 0.489. The molecule has 0 spiro atoms. The lowest BCUT2D eigenvalue weighted by Gasteiger charge is -1.98. The number of ether oxygens (including phenoxy) is 1. The highest BCUT2D eigenvalue weighted by Gasteiger charge is 2.11. The Kier molecular flexibility index (Phi) is 5.48. The molecule has 0 bridgehead atoms. The van der Waals surface area contributed by atoms with Crippen LogP contribution in [0, 0.1) is 0 Å². The Morgan fingerprint density at radius 2 is 1.86 bits per heavy atom. The van der Waals surface area contributed by atoms with E-state index in [1.54, 1.807) is 7.11 Å². The average Bonchev–Trinajstić information content (AvgIpc) is 3.41. The van der Waals surface area contributed by atoms with E-state index in [-0.39, 0.29) is 0 Å². The van der Waals surface area contributed by atoms with Gasteiger partial charge in [-0.15, -0.1) is 5.10 Å². The van der Waals surface area contributed by atoms with E-state index >= 15 is 0 Å². The minimum absolute atomic E-state index is 0.489. The average molecular weight is 391 g/mol. The van der Waals surface area contributed by atoms with Crippen molar-refractivity contribution in [2.75, 3.05) is 7.11 Å². The molecule has 0 saturated carbocycles. The molecular formula is C20H17N5O2S. The molecule has 28 heavy (non-hydrogen) atoms. The van der Waals surface area contributed by atoms with Crippen molar-refractivity contribution in [3.8, 4) is 17.1 Å². The number of thioether (sulfide) groups is 1. The zero-order chi connectivity index (χ0) is 19.2. The van der Waals surface area contributed by atoms with E-state index in [1.165, 1.54) is 11.8 Å². The maximum Gasteiger partial charge on any atom is 0.237 e. The lowest BCUT2D eigenvalue weighted by Crippen LogP contribution is -1.85. The van der Waals surface area contributed by atoms with Crippen LogP contribution in [0.1, 0.15) is 17.3 Å². The number of hydrogen-bond donors (Lipinski definition) is 1. The van der Waals surface area contributed by atoms with Crippen LogP contribution in [-0.2, 0) is 5.75 Å². The highest BCUT2D eigenvalue weighted by atomic mass is 32.2. The van der Waals surface area contributed by atoms with Gasteiger partial charge in [0, 0.05) is 5.56 Å².